The van der Waals surface area contributed by atoms with Crippen LogP contribution < -0.4 is 4.74 Å². The Bertz CT molecular complexity index is 926. The number of carbonyl (C=O) groups is 2. The largest absolute Gasteiger partial charge is 0.476 e. The summed E-state index contributed by atoms with van der Waals surface area (Å²) in [7, 11) is 1.35. The van der Waals surface area contributed by atoms with E-state index in [4.69, 9.17) is 4.74 Å². The van der Waals surface area contributed by atoms with Crippen molar-refractivity contribution in [2.45, 2.75) is 38.1 Å². The maximum atomic E-state index is 12.4. The average molecular weight is 452 g/mol. The number of rotatable bonds is 9. The first-order valence-corrected chi connectivity index (χ1v) is 11.8. The molecule has 2 heterocycles. The van der Waals surface area contributed by atoms with Gasteiger partial charge in [-0.1, -0.05) is 30.3 Å². The molecule has 2 aliphatic rings. The van der Waals surface area contributed by atoms with Gasteiger partial charge in [0.25, 0.3) is 0 Å². The van der Waals surface area contributed by atoms with Crippen LogP contribution in [0, 0.1) is 5.92 Å². The quantitative estimate of drug-likeness (QED) is 0.545. The summed E-state index contributed by atoms with van der Waals surface area (Å²) in [6.45, 7) is 5.99. The minimum Gasteiger partial charge on any atom is -0.476 e. The highest BCUT2D eigenvalue weighted by molar-refractivity contribution is 5.88. The molecule has 1 aromatic carbocycles. The van der Waals surface area contributed by atoms with Crippen LogP contribution in [0.2, 0.25) is 0 Å². The number of pyridine rings is 1. The molecule has 7 nitrogen and oxygen atoms in total. The number of aromatic nitrogens is 1. The second-order valence-corrected chi connectivity index (χ2v) is 9.00. The van der Waals surface area contributed by atoms with Crippen molar-refractivity contribution in [2.24, 2.45) is 5.92 Å². The zero-order valence-electron chi connectivity index (χ0n) is 19.5. The molecule has 1 amide bonds. The Balaban J connectivity index is 1.18. The average Bonchev–Trinajstić information content (AvgIpc) is 3.64. The van der Waals surface area contributed by atoms with Gasteiger partial charge in [0.2, 0.25) is 11.8 Å². The maximum absolute atomic E-state index is 12.4. The van der Waals surface area contributed by atoms with Crippen LogP contribution in [-0.2, 0) is 9.53 Å². The summed E-state index contributed by atoms with van der Waals surface area (Å²) in [5.41, 5.74) is 1.76. The second kappa shape index (κ2) is 10.8. The number of hydrogen-bond acceptors (Lipinski definition) is 6. The molecule has 176 valence electrons. The predicted molar refractivity (Wildman–Crippen MR) is 125 cm³/mol. The standard InChI is InChI=1S/C26H33N3O4/c1-19(30)29(24-16-23(24)21-6-4-3-5-7-21)18-20-10-12-28(13-11-20)14-15-33-25-9-8-22(17-27-25)26(31)32-2/h3-9,17,20,23-24H,10-16,18H2,1-2H3. The molecule has 0 N–H and O–H groups in total. The number of esters is 1. The van der Waals surface area contributed by atoms with Gasteiger partial charge in [-0.05, 0) is 49.9 Å². The fourth-order valence-electron chi connectivity index (χ4n) is 4.74. The highest BCUT2D eigenvalue weighted by atomic mass is 16.5. The molecule has 1 saturated heterocycles. The molecule has 1 aromatic heterocycles. The summed E-state index contributed by atoms with van der Waals surface area (Å²) in [5, 5.41) is 0. The molecule has 0 bridgehead atoms. The van der Waals surface area contributed by atoms with Gasteiger partial charge in [-0.15, -0.1) is 0 Å². The number of nitrogens with zero attached hydrogens (tertiary/aromatic N) is 3. The van der Waals surface area contributed by atoms with Crippen LogP contribution in [0.5, 0.6) is 5.88 Å². The normalized spacial score (nSPS) is 20.8. The maximum Gasteiger partial charge on any atom is 0.339 e. The first-order chi connectivity index (χ1) is 16.0. The van der Waals surface area contributed by atoms with Crippen molar-refractivity contribution >= 4 is 11.9 Å². The Labute approximate surface area is 195 Å². The molecule has 2 unspecified atom stereocenters. The Hall–Kier alpha value is -2.93. The molecule has 33 heavy (non-hydrogen) atoms. The number of piperidine rings is 1. The Kier molecular flexibility index (Phi) is 7.60. The van der Waals surface area contributed by atoms with Crippen molar-refractivity contribution in [1.29, 1.82) is 0 Å². The fraction of sp³-hybridized carbons (Fsp3) is 0.500. The van der Waals surface area contributed by atoms with Crippen molar-refractivity contribution < 1.29 is 19.1 Å². The van der Waals surface area contributed by atoms with E-state index in [1.807, 2.05) is 6.07 Å². The highest BCUT2D eigenvalue weighted by Gasteiger charge is 2.44. The lowest BCUT2D eigenvalue weighted by Crippen LogP contribution is -2.42. The summed E-state index contributed by atoms with van der Waals surface area (Å²) in [6.07, 6.45) is 4.74. The van der Waals surface area contributed by atoms with Crippen LogP contribution in [0.3, 0.4) is 0 Å². The van der Waals surface area contributed by atoms with Gasteiger partial charge in [-0.25, -0.2) is 9.78 Å². The van der Waals surface area contributed by atoms with E-state index >= 15 is 0 Å². The lowest BCUT2D eigenvalue weighted by Gasteiger charge is -2.34. The fourth-order valence-corrected chi connectivity index (χ4v) is 4.74. The SMILES string of the molecule is COC(=O)c1ccc(OCCN2CCC(CN(C(C)=O)C3CC3c3ccccc3)CC2)nc1. The van der Waals surface area contributed by atoms with Crippen molar-refractivity contribution in [3.63, 3.8) is 0 Å². The monoisotopic (exact) mass is 451 g/mol. The summed E-state index contributed by atoms with van der Waals surface area (Å²) in [6, 6.07) is 14.2. The molecule has 7 heteroatoms. The van der Waals surface area contributed by atoms with Crippen LogP contribution in [-0.4, -0.2) is 72.6 Å². The van der Waals surface area contributed by atoms with E-state index in [0.717, 1.165) is 45.4 Å². The van der Waals surface area contributed by atoms with Gasteiger partial charge >= 0.3 is 5.97 Å². The van der Waals surface area contributed by atoms with Crippen molar-refractivity contribution in [3.8, 4) is 5.88 Å². The third-order valence-corrected chi connectivity index (χ3v) is 6.77. The number of ether oxygens (including phenoxy) is 2. The van der Waals surface area contributed by atoms with E-state index in [1.54, 1.807) is 19.1 Å². The van der Waals surface area contributed by atoms with E-state index < -0.39 is 5.97 Å². The van der Waals surface area contributed by atoms with Gasteiger partial charge in [0.1, 0.15) is 6.61 Å². The Morgan fingerprint density at radius 2 is 1.88 bits per heavy atom. The van der Waals surface area contributed by atoms with Gasteiger partial charge in [0, 0.05) is 44.2 Å². The first kappa shape index (κ1) is 23.2. The number of methoxy groups -OCH3 is 1. The summed E-state index contributed by atoms with van der Waals surface area (Å²) >= 11 is 0. The summed E-state index contributed by atoms with van der Waals surface area (Å²) in [4.78, 5) is 32.5. The van der Waals surface area contributed by atoms with Crippen LogP contribution in [0.1, 0.15) is 48.0 Å². The number of amides is 1. The van der Waals surface area contributed by atoms with Gasteiger partial charge in [0.05, 0.1) is 12.7 Å². The Morgan fingerprint density at radius 1 is 1.12 bits per heavy atom. The molecule has 1 aliphatic heterocycles. The number of likely N-dealkylation sites (tertiary alicyclic amines) is 1. The molecule has 1 saturated carbocycles. The minimum absolute atomic E-state index is 0.194. The van der Waals surface area contributed by atoms with E-state index in [9.17, 15) is 9.59 Å². The van der Waals surface area contributed by atoms with Crippen LogP contribution in [0.25, 0.3) is 0 Å². The van der Waals surface area contributed by atoms with Crippen LogP contribution >= 0.6 is 0 Å². The first-order valence-electron chi connectivity index (χ1n) is 11.8. The summed E-state index contributed by atoms with van der Waals surface area (Å²) < 4.78 is 10.4. The molecule has 4 rings (SSSR count). The minimum atomic E-state index is -0.405. The lowest BCUT2D eigenvalue weighted by atomic mass is 9.96. The third kappa shape index (κ3) is 6.11. The van der Waals surface area contributed by atoms with E-state index in [1.165, 1.54) is 18.9 Å². The van der Waals surface area contributed by atoms with Gasteiger partial charge in [0.15, 0.2) is 0 Å². The van der Waals surface area contributed by atoms with Gasteiger partial charge in [-0.3, -0.25) is 9.69 Å². The molecule has 2 atom stereocenters. The van der Waals surface area contributed by atoms with Crippen molar-refractivity contribution in [1.82, 2.24) is 14.8 Å². The molecule has 0 radical (unpaired) electrons. The van der Waals surface area contributed by atoms with Gasteiger partial charge in [-0.2, -0.15) is 0 Å². The lowest BCUT2D eigenvalue weighted by molar-refractivity contribution is -0.130. The zero-order valence-corrected chi connectivity index (χ0v) is 19.5. The Morgan fingerprint density at radius 3 is 2.52 bits per heavy atom. The molecular formula is C26H33N3O4. The van der Waals surface area contributed by atoms with Crippen molar-refractivity contribution in [2.75, 3.05) is 39.9 Å². The number of hydrogen-bond donors (Lipinski definition) is 0. The van der Waals surface area contributed by atoms with E-state index in [2.05, 4.69) is 43.8 Å². The molecule has 2 aromatic rings. The third-order valence-electron chi connectivity index (χ3n) is 6.77. The molecule has 0 spiro atoms. The predicted octanol–water partition coefficient (Wildman–Crippen LogP) is 3.36. The van der Waals surface area contributed by atoms with Gasteiger partial charge < -0.3 is 14.4 Å². The second-order valence-electron chi connectivity index (χ2n) is 9.00. The van der Waals surface area contributed by atoms with Crippen molar-refractivity contribution in [3.05, 3.63) is 59.8 Å². The molecule has 1 aliphatic carbocycles. The van der Waals surface area contributed by atoms with Crippen LogP contribution in [0.4, 0.5) is 0 Å². The smallest absolute Gasteiger partial charge is 0.339 e. The molecular weight excluding hydrogens is 418 g/mol. The number of benzene rings is 1. The van der Waals surface area contributed by atoms with E-state index in [0.29, 0.717) is 35.9 Å². The number of carbonyl (C=O) groups excluding carboxylic acids is 2. The highest BCUT2D eigenvalue weighted by Crippen LogP contribution is 2.45. The van der Waals surface area contributed by atoms with Crippen LogP contribution in [0.15, 0.2) is 48.7 Å². The summed E-state index contributed by atoms with van der Waals surface area (Å²) in [5.74, 6) is 1.34. The van der Waals surface area contributed by atoms with E-state index in [-0.39, 0.29) is 5.91 Å². The molecule has 2 fully saturated rings. The topological polar surface area (TPSA) is 72.0 Å². The zero-order chi connectivity index (χ0) is 23.2.